The Bertz CT molecular complexity index is 1310. The molecule has 0 saturated carbocycles. The predicted molar refractivity (Wildman–Crippen MR) is 103 cm³/mol. The number of rotatable bonds is 6. The van der Waals surface area contributed by atoms with Gasteiger partial charge >= 0.3 is 6.61 Å². The lowest BCUT2D eigenvalue weighted by atomic mass is 10.1. The summed E-state index contributed by atoms with van der Waals surface area (Å²) >= 11 is 0. The van der Waals surface area contributed by atoms with Gasteiger partial charge in [0.1, 0.15) is 11.4 Å². The molecule has 0 radical (unpaired) electrons. The number of alkyl halides is 2. The van der Waals surface area contributed by atoms with Crippen molar-refractivity contribution in [3.05, 3.63) is 66.5 Å². The van der Waals surface area contributed by atoms with Gasteiger partial charge in [-0.25, -0.2) is 17.9 Å². The van der Waals surface area contributed by atoms with Gasteiger partial charge in [0.2, 0.25) is 0 Å². The predicted octanol–water partition coefficient (Wildman–Crippen LogP) is 2.78. The quantitative estimate of drug-likeness (QED) is 0.463. The van der Waals surface area contributed by atoms with E-state index in [1.54, 1.807) is 22.8 Å². The maximum absolute atomic E-state index is 12.3. The van der Waals surface area contributed by atoms with Crippen molar-refractivity contribution in [1.82, 2.24) is 24.6 Å². The standard InChI is InChI=1S/C19H15F2N5O3S/c1-30(27,28)15-9-13(10-22-11-15)17-18-24-16(25-26(18)7-6-23-17)8-12-2-4-14(5-3-12)29-19(20)21/h2-7,9-11,19H,8H2,1H3. The highest BCUT2D eigenvalue weighted by atomic mass is 32.2. The summed E-state index contributed by atoms with van der Waals surface area (Å²) in [6.07, 6.45) is 7.40. The normalized spacial score (nSPS) is 11.9. The fraction of sp³-hybridized carbons (Fsp3) is 0.158. The summed E-state index contributed by atoms with van der Waals surface area (Å²) in [4.78, 5) is 12.9. The van der Waals surface area contributed by atoms with Crippen LogP contribution < -0.4 is 4.74 Å². The van der Waals surface area contributed by atoms with E-state index in [4.69, 9.17) is 0 Å². The molecule has 0 bridgehead atoms. The molecule has 4 aromatic rings. The second-order valence-corrected chi connectivity index (χ2v) is 8.47. The van der Waals surface area contributed by atoms with Gasteiger partial charge in [0.15, 0.2) is 21.3 Å². The molecule has 0 aliphatic carbocycles. The molecular formula is C19H15F2N5O3S. The molecule has 0 saturated heterocycles. The van der Waals surface area contributed by atoms with Crippen LogP contribution in [0.4, 0.5) is 8.78 Å². The molecule has 0 N–H and O–H groups in total. The smallest absolute Gasteiger partial charge is 0.387 e. The Morgan fingerprint density at radius 2 is 1.93 bits per heavy atom. The van der Waals surface area contributed by atoms with Gasteiger partial charge in [0, 0.05) is 43.0 Å². The highest BCUT2D eigenvalue weighted by molar-refractivity contribution is 7.90. The molecule has 0 aliphatic heterocycles. The van der Waals surface area contributed by atoms with Crippen molar-refractivity contribution >= 4 is 15.5 Å². The summed E-state index contributed by atoms with van der Waals surface area (Å²) in [5, 5.41) is 4.41. The third-order valence-corrected chi connectivity index (χ3v) is 5.30. The zero-order valence-electron chi connectivity index (χ0n) is 15.6. The van der Waals surface area contributed by atoms with Gasteiger partial charge in [-0.05, 0) is 23.8 Å². The second kappa shape index (κ2) is 7.75. The Kier molecular flexibility index (Phi) is 5.12. The summed E-state index contributed by atoms with van der Waals surface area (Å²) in [7, 11) is -3.42. The first kappa shape index (κ1) is 19.8. The average Bonchev–Trinajstić information content (AvgIpc) is 3.11. The van der Waals surface area contributed by atoms with Crippen LogP contribution in [0.5, 0.6) is 5.75 Å². The van der Waals surface area contributed by atoms with Gasteiger partial charge < -0.3 is 4.74 Å². The van der Waals surface area contributed by atoms with E-state index in [0.717, 1.165) is 11.8 Å². The van der Waals surface area contributed by atoms with Gasteiger partial charge in [-0.2, -0.15) is 13.9 Å². The number of hydrogen-bond acceptors (Lipinski definition) is 7. The van der Waals surface area contributed by atoms with E-state index >= 15 is 0 Å². The van der Waals surface area contributed by atoms with Gasteiger partial charge in [0.25, 0.3) is 0 Å². The molecule has 4 rings (SSSR count). The Morgan fingerprint density at radius 3 is 2.63 bits per heavy atom. The number of aromatic nitrogens is 5. The Balaban J connectivity index is 1.66. The lowest BCUT2D eigenvalue weighted by Gasteiger charge is -2.04. The van der Waals surface area contributed by atoms with E-state index in [-0.39, 0.29) is 10.6 Å². The minimum Gasteiger partial charge on any atom is -0.435 e. The van der Waals surface area contributed by atoms with Crippen molar-refractivity contribution < 1.29 is 21.9 Å². The van der Waals surface area contributed by atoms with E-state index in [0.29, 0.717) is 29.1 Å². The average molecular weight is 431 g/mol. The fourth-order valence-corrected chi connectivity index (χ4v) is 3.46. The van der Waals surface area contributed by atoms with E-state index in [1.165, 1.54) is 36.8 Å². The number of benzene rings is 1. The van der Waals surface area contributed by atoms with Gasteiger partial charge in [0.05, 0.1) is 4.90 Å². The molecule has 0 aliphatic rings. The largest absolute Gasteiger partial charge is 0.435 e. The molecule has 0 amide bonds. The van der Waals surface area contributed by atoms with Gasteiger partial charge in [-0.3, -0.25) is 9.97 Å². The third-order valence-electron chi connectivity index (χ3n) is 4.22. The second-order valence-electron chi connectivity index (χ2n) is 6.45. The van der Waals surface area contributed by atoms with Gasteiger partial charge in [-0.1, -0.05) is 12.1 Å². The van der Waals surface area contributed by atoms with Crippen LogP contribution >= 0.6 is 0 Å². The number of pyridine rings is 1. The lowest BCUT2D eigenvalue weighted by molar-refractivity contribution is -0.0498. The Labute approximate surface area is 170 Å². The summed E-state index contributed by atoms with van der Waals surface area (Å²) in [6.45, 7) is -2.88. The molecule has 0 fully saturated rings. The van der Waals surface area contributed by atoms with Crippen LogP contribution in [-0.2, 0) is 16.3 Å². The SMILES string of the molecule is CS(=O)(=O)c1cncc(-c2nccn3nc(Cc4ccc(OC(F)F)cc4)nc23)c1. The van der Waals surface area contributed by atoms with Crippen LogP contribution in [0.25, 0.3) is 16.9 Å². The molecule has 0 unspecified atom stereocenters. The molecule has 0 spiro atoms. The lowest BCUT2D eigenvalue weighted by Crippen LogP contribution is -2.01. The summed E-state index contributed by atoms with van der Waals surface area (Å²) in [6, 6.07) is 7.70. The maximum Gasteiger partial charge on any atom is 0.387 e. The number of ether oxygens (including phenoxy) is 1. The minimum absolute atomic E-state index is 0.0708. The van der Waals surface area contributed by atoms with Crippen LogP contribution in [-0.4, -0.2) is 45.9 Å². The molecule has 8 nitrogen and oxygen atoms in total. The summed E-state index contributed by atoms with van der Waals surface area (Å²) in [5.41, 5.74) is 2.19. The van der Waals surface area contributed by atoms with Crippen molar-refractivity contribution in [2.75, 3.05) is 6.26 Å². The minimum atomic E-state index is -3.42. The van der Waals surface area contributed by atoms with Crippen molar-refractivity contribution in [3.8, 4) is 17.0 Å². The van der Waals surface area contributed by atoms with E-state index < -0.39 is 16.4 Å². The Hall–Kier alpha value is -3.47. The van der Waals surface area contributed by atoms with E-state index in [9.17, 15) is 17.2 Å². The van der Waals surface area contributed by atoms with Crippen molar-refractivity contribution in [2.45, 2.75) is 17.9 Å². The molecule has 3 aromatic heterocycles. The number of halogens is 2. The summed E-state index contributed by atoms with van der Waals surface area (Å²) < 4.78 is 54.1. The molecule has 1 aromatic carbocycles. The molecule has 3 heterocycles. The van der Waals surface area contributed by atoms with E-state index in [1.807, 2.05) is 0 Å². The van der Waals surface area contributed by atoms with Crippen molar-refractivity contribution in [3.63, 3.8) is 0 Å². The fourth-order valence-electron chi connectivity index (χ4n) is 2.86. The molecule has 30 heavy (non-hydrogen) atoms. The number of hydrogen-bond donors (Lipinski definition) is 0. The van der Waals surface area contributed by atoms with Crippen LogP contribution in [0.2, 0.25) is 0 Å². The topological polar surface area (TPSA) is 99.3 Å². The van der Waals surface area contributed by atoms with Gasteiger partial charge in [-0.15, -0.1) is 0 Å². The molecule has 0 atom stereocenters. The highest BCUT2D eigenvalue weighted by Gasteiger charge is 2.15. The molecule has 11 heteroatoms. The first-order chi connectivity index (χ1) is 14.3. The number of fused-ring (bicyclic) bond motifs is 1. The van der Waals surface area contributed by atoms with Crippen LogP contribution in [0, 0.1) is 0 Å². The van der Waals surface area contributed by atoms with Crippen molar-refractivity contribution in [2.24, 2.45) is 0 Å². The number of nitrogens with zero attached hydrogens (tertiary/aromatic N) is 5. The first-order valence-electron chi connectivity index (χ1n) is 8.69. The molecule has 154 valence electrons. The zero-order valence-corrected chi connectivity index (χ0v) is 16.4. The Morgan fingerprint density at radius 1 is 1.17 bits per heavy atom. The highest BCUT2D eigenvalue weighted by Crippen LogP contribution is 2.23. The van der Waals surface area contributed by atoms with E-state index in [2.05, 4.69) is 24.8 Å². The van der Waals surface area contributed by atoms with Crippen LogP contribution in [0.3, 0.4) is 0 Å². The molecular weight excluding hydrogens is 416 g/mol. The first-order valence-corrected chi connectivity index (χ1v) is 10.6. The zero-order chi connectivity index (χ0) is 21.3. The number of sulfone groups is 1. The summed E-state index contributed by atoms with van der Waals surface area (Å²) in [5.74, 6) is 0.556. The van der Waals surface area contributed by atoms with Crippen molar-refractivity contribution in [1.29, 1.82) is 0 Å². The third kappa shape index (κ3) is 4.25. The maximum atomic E-state index is 12.3. The van der Waals surface area contributed by atoms with Crippen LogP contribution in [0.1, 0.15) is 11.4 Å². The van der Waals surface area contributed by atoms with Crippen LogP contribution in [0.15, 0.2) is 60.0 Å². The monoisotopic (exact) mass is 431 g/mol.